The predicted molar refractivity (Wildman–Crippen MR) is 173 cm³/mol. The van der Waals surface area contributed by atoms with Crippen molar-refractivity contribution in [3.05, 3.63) is 54.2 Å². The van der Waals surface area contributed by atoms with E-state index >= 15 is 0 Å². The fraction of sp³-hybridized carbons (Fsp3) is 0.419. The molecule has 216 valence electrons. The summed E-state index contributed by atoms with van der Waals surface area (Å²) in [4.78, 5) is 4.70. The number of aromatic nitrogens is 3. The normalized spacial score (nSPS) is 12.8. The minimum Gasteiger partial charge on any atom is -0.497 e. The van der Waals surface area contributed by atoms with Crippen molar-refractivity contribution < 1.29 is 9.47 Å². The molecular formula is C31H45N6O2P. The quantitative estimate of drug-likeness (QED) is 0.288. The molecule has 1 aliphatic rings. The van der Waals surface area contributed by atoms with Gasteiger partial charge in [-0.2, -0.15) is 0 Å². The zero-order valence-electron chi connectivity index (χ0n) is 25.1. The molecular weight excluding hydrogens is 519 g/mol. The van der Waals surface area contributed by atoms with E-state index in [-0.39, 0.29) is 0 Å². The number of aryl methyl sites for hydroxylation is 1. The number of hydrogen-bond donors (Lipinski definition) is 1. The van der Waals surface area contributed by atoms with Crippen LogP contribution < -0.4 is 30.4 Å². The van der Waals surface area contributed by atoms with Crippen molar-refractivity contribution in [1.82, 2.24) is 14.8 Å². The molecule has 2 aromatic heterocycles. The van der Waals surface area contributed by atoms with E-state index in [4.69, 9.17) is 15.2 Å². The Morgan fingerprint density at radius 3 is 2.08 bits per heavy atom. The fourth-order valence-corrected chi connectivity index (χ4v) is 4.99. The van der Waals surface area contributed by atoms with Crippen molar-refractivity contribution in [3.8, 4) is 17.2 Å². The zero-order chi connectivity index (χ0) is 29.2. The Bertz CT molecular complexity index is 1360. The summed E-state index contributed by atoms with van der Waals surface area (Å²) in [6, 6.07) is 14.5. The molecule has 2 N–H and O–H groups in total. The van der Waals surface area contributed by atoms with Crippen LogP contribution in [0.3, 0.4) is 0 Å². The van der Waals surface area contributed by atoms with Gasteiger partial charge in [0.1, 0.15) is 11.5 Å². The number of fused-ring (bicyclic) bond motifs is 1. The first-order chi connectivity index (χ1) is 19.4. The van der Waals surface area contributed by atoms with Gasteiger partial charge in [-0.15, -0.1) is 10.2 Å². The maximum atomic E-state index is 6.27. The molecule has 0 saturated carbocycles. The van der Waals surface area contributed by atoms with Gasteiger partial charge < -0.3 is 29.6 Å². The molecule has 2 aromatic carbocycles. The molecule has 9 heteroatoms. The van der Waals surface area contributed by atoms with E-state index in [1.165, 1.54) is 24.1 Å². The van der Waals surface area contributed by atoms with E-state index in [2.05, 4.69) is 78.8 Å². The highest BCUT2D eigenvalue weighted by Gasteiger charge is 2.24. The first kappa shape index (κ1) is 31.0. The lowest BCUT2D eigenvalue weighted by molar-refractivity contribution is 0.393. The fourth-order valence-electron chi connectivity index (χ4n) is 4.49. The van der Waals surface area contributed by atoms with Crippen LogP contribution in [-0.4, -0.2) is 55.2 Å². The van der Waals surface area contributed by atoms with Crippen LogP contribution in [-0.2, 0) is 0 Å². The molecule has 1 unspecified atom stereocenters. The first-order valence-electron chi connectivity index (χ1n) is 14.1. The summed E-state index contributed by atoms with van der Waals surface area (Å²) < 4.78 is 13.1. The monoisotopic (exact) mass is 564 g/mol. The molecule has 0 radical (unpaired) electrons. The molecule has 0 amide bonds. The van der Waals surface area contributed by atoms with Crippen LogP contribution in [0.25, 0.3) is 16.5 Å². The number of piperazine rings is 1. The summed E-state index contributed by atoms with van der Waals surface area (Å²) in [7, 11) is 6.14. The van der Waals surface area contributed by atoms with E-state index in [1.807, 2.05) is 38.2 Å². The largest absolute Gasteiger partial charge is 0.497 e. The summed E-state index contributed by atoms with van der Waals surface area (Å²) in [5, 5.41) is 10.7. The Morgan fingerprint density at radius 1 is 0.875 bits per heavy atom. The van der Waals surface area contributed by atoms with Crippen molar-refractivity contribution in [1.29, 1.82) is 0 Å². The summed E-state index contributed by atoms with van der Waals surface area (Å²) in [5.74, 6) is 2.70. The van der Waals surface area contributed by atoms with Gasteiger partial charge in [-0.3, -0.25) is 0 Å². The molecule has 5 rings (SSSR count). The Balaban J connectivity index is 0.000000677. The van der Waals surface area contributed by atoms with Crippen molar-refractivity contribution in [2.75, 3.05) is 55.9 Å². The summed E-state index contributed by atoms with van der Waals surface area (Å²) in [6.45, 7) is 14.0. The van der Waals surface area contributed by atoms with E-state index in [1.54, 1.807) is 14.2 Å². The van der Waals surface area contributed by atoms with Crippen molar-refractivity contribution in [2.45, 2.75) is 47.5 Å². The number of ether oxygens (including phenoxy) is 2. The number of benzene rings is 2. The third-order valence-electron chi connectivity index (χ3n) is 6.92. The van der Waals surface area contributed by atoms with Gasteiger partial charge in [0.2, 0.25) is 0 Å². The third-order valence-corrected chi connectivity index (χ3v) is 7.49. The molecule has 40 heavy (non-hydrogen) atoms. The van der Waals surface area contributed by atoms with Crippen LogP contribution in [0.5, 0.6) is 11.5 Å². The first-order valence-corrected chi connectivity index (χ1v) is 14.7. The highest BCUT2D eigenvalue weighted by Crippen LogP contribution is 2.34. The average Bonchev–Trinajstić information content (AvgIpc) is 3.36. The van der Waals surface area contributed by atoms with E-state index < -0.39 is 0 Å². The number of nitrogen functional groups attached to an aromatic ring is 1. The predicted octanol–water partition coefficient (Wildman–Crippen LogP) is 5.99. The van der Waals surface area contributed by atoms with Gasteiger partial charge in [-0.05, 0) is 31.2 Å². The van der Waals surface area contributed by atoms with E-state index in [0.29, 0.717) is 11.6 Å². The van der Waals surface area contributed by atoms with E-state index in [9.17, 15) is 0 Å². The molecule has 3 heterocycles. The second-order valence-corrected chi connectivity index (χ2v) is 9.98. The molecule has 1 saturated heterocycles. The summed E-state index contributed by atoms with van der Waals surface area (Å²) in [5.41, 5.74) is 10.6. The maximum Gasteiger partial charge on any atom is 0.161 e. The highest BCUT2D eigenvalue weighted by molar-refractivity contribution is 7.28. The van der Waals surface area contributed by atoms with Crippen molar-refractivity contribution in [3.63, 3.8) is 0 Å². The standard InChI is InChI=1S/C25H29N6O2P.C4H10.C2H6/c1-16-4-6-17(7-5-16)29-10-12-30(13-11-29)24-22-19(23(26)27-28-24)15-31(25(22)34)20-9-8-18(32-2)14-21(20)33-3;1-3-4-2;1-2/h4-9,14-15H,10-13,34H2,1-3H3,(H2,26,27);3-4H2,1-2H3;1-2H3. The molecule has 0 aliphatic carbocycles. The minimum absolute atomic E-state index is 0.409. The SMILES string of the molecule is CC.CCCC.COc1ccc(-n2cc3c(N)nnc(N4CCN(c5ccc(C)cc5)CC4)c3c2P)c(OC)c1. The minimum atomic E-state index is 0.409. The molecule has 1 fully saturated rings. The van der Waals surface area contributed by atoms with Crippen LogP contribution in [0.15, 0.2) is 48.7 Å². The molecule has 8 nitrogen and oxygen atoms in total. The number of methoxy groups -OCH3 is 2. The summed E-state index contributed by atoms with van der Waals surface area (Å²) >= 11 is 0. The topological polar surface area (TPSA) is 81.7 Å². The average molecular weight is 565 g/mol. The Hall–Kier alpha value is -3.51. The second kappa shape index (κ2) is 14.8. The van der Waals surface area contributed by atoms with Crippen LogP contribution in [0.2, 0.25) is 0 Å². The van der Waals surface area contributed by atoms with Crippen LogP contribution in [0.1, 0.15) is 46.1 Å². The van der Waals surface area contributed by atoms with Crippen molar-refractivity contribution in [2.24, 2.45) is 0 Å². The molecule has 4 aromatic rings. The summed E-state index contributed by atoms with van der Waals surface area (Å²) in [6.07, 6.45) is 4.64. The Kier molecular flexibility index (Phi) is 11.4. The number of unbranched alkanes of at least 4 members (excludes halogenated alkanes) is 1. The molecule has 0 spiro atoms. The Labute approximate surface area is 241 Å². The Morgan fingerprint density at radius 2 is 1.50 bits per heavy atom. The highest BCUT2D eigenvalue weighted by atomic mass is 31.0. The number of nitrogens with zero attached hydrogens (tertiary/aromatic N) is 5. The lowest BCUT2D eigenvalue weighted by Crippen LogP contribution is -2.47. The van der Waals surface area contributed by atoms with Gasteiger partial charge in [-0.1, -0.05) is 67.5 Å². The van der Waals surface area contributed by atoms with Gasteiger partial charge in [0, 0.05) is 49.5 Å². The smallest absolute Gasteiger partial charge is 0.161 e. The van der Waals surface area contributed by atoms with Crippen LogP contribution in [0.4, 0.5) is 17.3 Å². The van der Waals surface area contributed by atoms with Gasteiger partial charge >= 0.3 is 0 Å². The lowest BCUT2D eigenvalue weighted by Gasteiger charge is -2.36. The number of rotatable bonds is 6. The molecule has 0 bridgehead atoms. The second-order valence-electron chi connectivity index (χ2n) is 9.43. The van der Waals surface area contributed by atoms with Gasteiger partial charge in [0.05, 0.1) is 30.7 Å². The van der Waals surface area contributed by atoms with Crippen LogP contribution in [0, 0.1) is 6.92 Å². The number of anilines is 3. The number of hydrogen-bond acceptors (Lipinski definition) is 7. The zero-order valence-corrected chi connectivity index (χ0v) is 26.2. The number of nitrogens with two attached hydrogens (primary N) is 1. The maximum absolute atomic E-state index is 6.27. The molecule has 1 aliphatic heterocycles. The van der Waals surface area contributed by atoms with E-state index in [0.717, 1.165) is 59.6 Å². The van der Waals surface area contributed by atoms with Gasteiger partial charge in [0.25, 0.3) is 0 Å². The lowest BCUT2D eigenvalue weighted by atomic mass is 10.2. The van der Waals surface area contributed by atoms with Gasteiger partial charge in [-0.25, -0.2) is 0 Å². The van der Waals surface area contributed by atoms with Gasteiger partial charge in [0.15, 0.2) is 11.6 Å². The van der Waals surface area contributed by atoms with Crippen molar-refractivity contribution >= 4 is 42.8 Å². The molecule has 1 atom stereocenters. The van der Waals surface area contributed by atoms with Crippen LogP contribution >= 0.6 is 9.24 Å². The third kappa shape index (κ3) is 6.79.